The van der Waals surface area contributed by atoms with Crippen LogP contribution in [-0.4, -0.2) is 25.5 Å². The van der Waals surface area contributed by atoms with E-state index >= 15 is 0 Å². The molecule has 0 unspecified atom stereocenters. The maximum atomic E-state index is 13.1. The Morgan fingerprint density at radius 1 is 1.30 bits per heavy atom. The average Bonchev–Trinajstić information content (AvgIpc) is 2.90. The monoisotopic (exact) mass is 429 g/mol. The molecule has 0 fully saturated rings. The highest BCUT2D eigenvalue weighted by Gasteiger charge is 2.20. The number of carbonyl (C=O) groups excluding carboxylic acids is 1. The fourth-order valence-electron chi connectivity index (χ4n) is 2.02. The topological polar surface area (TPSA) is 72.2 Å². The molecule has 2 heterocycles. The van der Waals surface area contributed by atoms with Gasteiger partial charge in [-0.3, -0.25) is 4.79 Å². The molecule has 0 bridgehead atoms. The molecule has 1 amide bonds. The first-order valence-corrected chi connectivity index (χ1v) is 7.61. The van der Waals surface area contributed by atoms with Gasteiger partial charge in [0, 0.05) is 15.0 Å². The number of benzene rings is 1. The number of nitrogens with one attached hydrogen (secondary N) is 1. The molecule has 0 saturated heterocycles. The van der Waals surface area contributed by atoms with Gasteiger partial charge in [0.05, 0.1) is 0 Å². The van der Waals surface area contributed by atoms with Gasteiger partial charge < -0.3 is 5.32 Å². The van der Waals surface area contributed by atoms with Gasteiger partial charge in [0.25, 0.3) is 18.1 Å². The second kappa shape index (κ2) is 6.14. The van der Waals surface area contributed by atoms with E-state index in [1.165, 1.54) is 6.07 Å². The van der Waals surface area contributed by atoms with Gasteiger partial charge in [-0.05, 0) is 53.8 Å². The fraction of sp³-hybridized carbons (Fsp3) is 0.143. The molecule has 9 heteroatoms. The SMILES string of the molecule is Cc1cc(C(F)F)n2nc(C(=O)Nc3cccc(I)c3)nc2n1. The highest BCUT2D eigenvalue weighted by Crippen LogP contribution is 2.20. The van der Waals surface area contributed by atoms with Crippen molar-refractivity contribution in [2.45, 2.75) is 13.3 Å². The van der Waals surface area contributed by atoms with Gasteiger partial charge in [-0.2, -0.15) is 9.50 Å². The Hall–Kier alpha value is -2.17. The van der Waals surface area contributed by atoms with Crippen molar-refractivity contribution in [2.24, 2.45) is 0 Å². The van der Waals surface area contributed by atoms with E-state index in [0.717, 1.165) is 8.09 Å². The number of hydrogen-bond donors (Lipinski definition) is 1. The summed E-state index contributed by atoms with van der Waals surface area (Å²) >= 11 is 2.11. The van der Waals surface area contributed by atoms with Gasteiger partial charge in [0.1, 0.15) is 5.69 Å². The van der Waals surface area contributed by atoms with Crippen LogP contribution < -0.4 is 5.32 Å². The summed E-state index contributed by atoms with van der Waals surface area (Å²) in [5.74, 6) is -0.840. The molecule has 118 valence electrons. The number of nitrogens with zero attached hydrogens (tertiary/aromatic N) is 4. The van der Waals surface area contributed by atoms with E-state index in [1.807, 2.05) is 6.07 Å². The molecule has 0 spiro atoms. The zero-order chi connectivity index (χ0) is 16.6. The number of aromatic nitrogens is 4. The quantitative estimate of drug-likeness (QED) is 0.650. The summed E-state index contributed by atoms with van der Waals surface area (Å²) in [6, 6.07) is 8.35. The van der Waals surface area contributed by atoms with Gasteiger partial charge in [0.15, 0.2) is 0 Å². The van der Waals surface area contributed by atoms with Crippen LogP contribution in [0.1, 0.15) is 28.4 Å². The first-order valence-electron chi connectivity index (χ1n) is 6.53. The zero-order valence-corrected chi connectivity index (χ0v) is 14.0. The van der Waals surface area contributed by atoms with Crippen molar-refractivity contribution in [3.05, 3.63) is 51.1 Å². The Balaban J connectivity index is 1.97. The highest BCUT2D eigenvalue weighted by molar-refractivity contribution is 14.1. The molecule has 3 rings (SSSR count). The molecule has 2 aromatic heterocycles. The van der Waals surface area contributed by atoms with E-state index in [4.69, 9.17) is 0 Å². The minimum atomic E-state index is -2.74. The summed E-state index contributed by atoms with van der Waals surface area (Å²) in [4.78, 5) is 20.1. The van der Waals surface area contributed by atoms with Crippen LogP contribution in [0.4, 0.5) is 14.5 Å². The largest absolute Gasteiger partial charge is 0.319 e. The van der Waals surface area contributed by atoms with E-state index in [-0.39, 0.29) is 17.3 Å². The molecule has 0 aliphatic rings. The van der Waals surface area contributed by atoms with Crippen molar-refractivity contribution in [1.29, 1.82) is 0 Å². The standard InChI is InChI=1S/C14H10F2IN5O/c1-7-5-10(11(15)16)22-14(18-7)20-12(21-22)13(23)19-9-4-2-3-8(17)6-9/h2-6,11H,1H3,(H,19,23). The molecule has 3 aromatic rings. The van der Waals surface area contributed by atoms with Gasteiger partial charge in [-0.15, -0.1) is 5.10 Å². The third-order valence-electron chi connectivity index (χ3n) is 2.98. The first kappa shape index (κ1) is 15.7. The number of alkyl halides is 2. The normalized spacial score (nSPS) is 11.2. The number of rotatable bonds is 3. The van der Waals surface area contributed by atoms with Crippen molar-refractivity contribution in [1.82, 2.24) is 19.6 Å². The summed E-state index contributed by atoms with van der Waals surface area (Å²) in [5, 5.41) is 6.47. The maximum absolute atomic E-state index is 13.1. The van der Waals surface area contributed by atoms with Crippen LogP contribution in [-0.2, 0) is 0 Å². The summed E-state index contributed by atoms with van der Waals surface area (Å²) in [6.45, 7) is 1.58. The number of anilines is 1. The van der Waals surface area contributed by atoms with Crippen LogP contribution in [0.15, 0.2) is 30.3 Å². The van der Waals surface area contributed by atoms with Crippen LogP contribution in [0.3, 0.4) is 0 Å². The Morgan fingerprint density at radius 3 is 2.78 bits per heavy atom. The Labute approximate surface area is 143 Å². The average molecular weight is 429 g/mol. The molecule has 0 saturated carbocycles. The minimum Gasteiger partial charge on any atom is -0.319 e. The molecule has 23 heavy (non-hydrogen) atoms. The van der Waals surface area contributed by atoms with Crippen LogP contribution in [0, 0.1) is 10.5 Å². The lowest BCUT2D eigenvalue weighted by molar-refractivity contribution is 0.101. The molecule has 0 radical (unpaired) electrons. The molecular weight excluding hydrogens is 419 g/mol. The summed E-state index contributed by atoms with van der Waals surface area (Å²) in [7, 11) is 0. The summed E-state index contributed by atoms with van der Waals surface area (Å²) in [5.41, 5.74) is 0.594. The first-order chi connectivity index (χ1) is 10.9. The van der Waals surface area contributed by atoms with Crippen molar-refractivity contribution >= 4 is 40.0 Å². The highest BCUT2D eigenvalue weighted by atomic mass is 127. The van der Waals surface area contributed by atoms with Crippen LogP contribution in [0.5, 0.6) is 0 Å². The van der Waals surface area contributed by atoms with Crippen molar-refractivity contribution in [3.63, 3.8) is 0 Å². The molecule has 0 atom stereocenters. The molecule has 6 nitrogen and oxygen atoms in total. The fourth-order valence-corrected chi connectivity index (χ4v) is 2.56. The zero-order valence-electron chi connectivity index (χ0n) is 11.8. The van der Waals surface area contributed by atoms with Crippen LogP contribution in [0.2, 0.25) is 0 Å². The van der Waals surface area contributed by atoms with Crippen molar-refractivity contribution < 1.29 is 13.6 Å². The lowest BCUT2D eigenvalue weighted by Crippen LogP contribution is -2.14. The lowest BCUT2D eigenvalue weighted by atomic mass is 10.3. The number of halogens is 3. The summed E-state index contributed by atoms with van der Waals surface area (Å²) in [6.07, 6.45) is -2.74. The number of amides is 1. The van der Waals surface area contributed by atoms with Crippen molar-refractivity contribution in [3.8, 4) is 0 Å². The molecule has 0 aliphatic heterocycles. The molecule has 0 aliphatic carbocycles. The van der Waals surface area contributed by atoms with E-state index in [1.54, 1.807) is 25.1 Å². The van der Waals surface area contributed by atoms with E-state index < -0.39 is 12.3 Å². The third-order valence-corrected chi connectivity index (χ3v) is 3.65. The maximum Gasteiger partial charge on any atom is 0.295 e. The number of hydrogen-bond acceptors (Lipinski definition) is 4. The Morgan fingerprint density at radius 2 is 2.09 bits per heavy atom. The second-order valence-corrected chi connectivity index (χ2v) is 5.98. The van der Waals surface area contributed by atoms with Gasteiger partial charge >= 0.3 is 0 Å². The summed E-state index contributed by atoms with van der Waals surface area (Å²) < 4.78 is 28.0. The molecule has 1 aromatic carbocycles. The number of aryl methyl sites for hydroxylation is 1. The van der Waals surface area contributed by atoms with Crippen LogP contribution >= 0.6 is 22.6 Å². The number of carbonyl (C=O) groups is 1. The van der Waals surface area contributed by atoms with E-state index in [0.29, 0.717) is 11.4 Å². The smallest absolute Gasteiger partial charge is 0.295 e. The van der Waals surface area contributed by atoms with Gasteiger partial charge in [-0.25, -0.2) is 13.8 Å². The lowest BCUT2D eigenvalue weighted by Gasteiger charge is -2.03. The predicted octanol–water partition coefficient (Wildman–Crippen LogP) is 3.23. The van der Waals surface area contributed by atoms with E-state index in [2.05, 4.69) is 43.0 Å². The molecular formula is C14H10F2IN5O. The predicted molar refractivity (Wildman–Crippen MR) is 87.6 cm³/mol. The van der Waals surface area contributed by atoms with Gasteiger partial charge in [-0.1, -0.05) is 6.07 Å². The Bertz CT molecular complexity index is 896. The minimum absolute atomic E-state index is 0.0342. The molecule has 1 N–H and O–H groups in total. The van der Waals surface area contributed by atoms with Crippen LogP contribution in [0.25, 0.3) is 5.78 Å². The van der Waals surface area contributed by atoms with Crippen molar-refractivity contribution in [2.75, 3.05) is 5.32 Å². The third kappa shape index (κ3) is 3.28. The number of fused-ring (bicyclic) bond motifs is 1. The second-order valence-electron chi connectivity index (χ2n) is 4.73. The van der Waals surface area contributed by atoms with Gasteiger partial charge in [0.2, 0.25) is 5.82 Å². The Kier molecular flexibility index (Phi) is 4.20. The van der Waals surface area contributed by atoms with E-state index in [9.17, 15) is 13.6 Å².